The molecule has 9 heteroatoms. The molecule has 1 unspecified atom stereocenters. The Kier molecular flexibility index (Phi) is 5.77. The third kappa shape index (κ3) is 4.32. The van der Waals surface area contributed by atoms with Crippen LogP contribution in [0.4, 0.5) is 14.9 Å². The van der Waals surface area contributed by atoms with Crippen molar-refractivity contribution in [1.82, 2.24) is 14.8 Å². The third-order valence-electron chi connectivity index (χ3n) is 5.72. The van der Waals surface area contributed by atoms with Crippen molar-refractivity contribution < 1.29 is 23.8 Å². The summed E-state index contributed by atoms with van der Waals surface area (Å²) in [6.45, 7) is 4.62. The Hall–Kier alpha value is -3.20. The molecular weight excluding hydrogens is 403 g/mol. The van der Waals surface area contributed by atoms with E-state index in [2.05, 4.69) is 9.88 Å². The van der Waals surface area contributed by atoms with Gasteiger partial charge in [0.15, 0.2) is 0 Å². The summed E-state index contributed by atoms with van der Waals surface area (Å²) in [5.74, 6) is -0.418. The van der Waals surface area contributed by atoms with Crippen molar-refractivity contribution in [2.45, 2.75) is 19.4 Å². The van der Waals surface area contributed by atoms with Gasteiger partial charge < -0.3 is 19.6 Å². The molecule has 4 rings (SSSR count). The van der Waals surface area contributed by atoms with Crippen LogP contribution in [0, 0.1) is 5.82 Å². The first-order valence-corrected chi connectivity index (χ1v) is 10.2. The van der Waals surface area contributed by atoms with Gasteiger partial charge in [-0.3, -0.25) is 9.69 Å². The molecule has 1 N–H and O–H groups in total. The van der Waals surface area contributed by atoms with Crippen LogP contribution in [0.2, 0.25) is 0 Å². The first-order chi connectivity index (χ1) is 14.8. The maximum absolute atomic E-state index is 13.4. The fourth-order valence-electron chi connectivity index (χ4n) is 3.91. The van der Waals surface area contributed by atoms with E-state index in [9.17, 15) is 19.1 Å². The van der Waals surface area contributed by atoms with Gasteiger partial charge in [-0.1, -0.05) is 12.1 Å². The Bertz CT molecular complexity index is 990. The molecule has 1 saturated heterocycles. The predicted molar refractivity (Wildman–Crippen MR) is 112 cm³/mol. The van der Waals surface area contributed by atoms with E-state index >= 15 is 0 Å². The summed E-state index contributed by atoms with van der Waals surface area (Å²) < 4.78 is 19.0. The zero-order chi connectivity index (χ0) is 22.1. The molecule has 31 heavy (non-hydrogen) atoms. The summed E-state index contributed by atoms with van der Waals surface area (Å²) in [6, 6.07) is 7.29. The molecule has 8 nitrogen and oxygen atoms in total. The predicted octanol–water partition coefficient (Wildman–Crippen LogP) is 2.46. The van der Waals surface area contributed by atoms with Crippen LogP contribution in [-0.2, 0) is 6.42 Å². The number of carbonyl (C=O) groups excluding carboxylic acids is 1. The van der Waals surface area contributed by atoms with E-state index in [1.165, 1.54) is 17.0 Å². The number of halogens is 1. The zero-order valence-electron chi connectivity index (χ0n) is 17.5. The lowest BCUT2D eigenvalue weighted by atomic mass is 10.0. The standard InChI is InChI=1S/C22H25FN4O4/c1-14-13-31-20-18(27(14)22(29)30)12-16(11-15-3-5-17(23)6-4-15)19(24-20)21(28)26-9-7-25(2)8-10-26/h3-6,12,14H,7-11,13H2,1-2H3,(H,29,30). The minimum absolute atomic E-state index is 0.140. The Morgan fingerprint density at radius 1 is 1.19 bits per heavy atom. The lowest BCUT2D eigenvalue weighted by Crippen LogP contribution is -2.48. The number of fused-ring (bicyclic) bond motifs is 1. The number of aromatic nitrogens is 1. The summed E-state index contributed by atoms with van der Waals surface area (Å²) in [7, 11) is 2.01. The molecule has 0 radical (unpaired) electrons. The van der Waals surface area contributed by atoms with Gasteiger partial charge >= 0.3 is 6.09 Å². The number of nitrogens with zero attached hydrogens (tertiary/aromatic N) is 4. The monoisotopic (exact) mass is 428 g/mol. The number of piperazine rings is 1. The molecule has 1 fully saturated rings. The Morgan fingerprint density at radius 3 is 2.52 bits per heavy atom. The number of rotatable bonds is 3. The average Bonchev–Trinajstić information content (AvgIpc) is 2.74. The van der Waals surface area contributed by atoms with Crippen molar-refractivity contribution in [3.05, 3.63) is 53.0 Å². The van der Waals surface area contributed by atoms with Crippen LogP contribution >= 0.6 is 0 Å². The molecule has 0 bridgehead atoms. The first kappa shape index (κ1) is 21.0. The number of hydrogen-bond donors (Lipinski definition) is 1. The minimum Gasteiger partial charge on any atom is -0.474 e. The topological polar surface area (TPSA) is 86.2 Å². The van der Waals surface area contributed by atoms with Gasteiger partial charge in [0.05, 0.1) is 6.04 Å². The second-order valence-corrected chi connectivity index (χ2v) is 8.03. The highest BCUT2D eigenvalue weighted by atomic mass is 19.1. The van der Waals surface area contributed by atoms with Crippen LogP contribution in [0.15, 0.2) is 30.3 Å². The lowest BCUT2D eigenvalue weighted by molar-refractivity contribution is 0.0655. The highest BCUT2D eigenvalue weighted by molar-refractivity contribution is 5.96. The molecule has 1 aromatic heterocycles. The number of carbonyl (C=O) groups is 2. The molecule has 2 aliphatic heterocycles. The molecule has 0 spiro atoms. The van der Waals surface area contributed by atoms with Crippen LogP contribution in [-0.4, -0.2) is 77.8 Å². The van der Waals surface area contributed by atoms with Crippen molar-refractivity contribution in [2.75, 3.05) is 44.7 Å². The summed E-state index contributed by atoms with van der Waals surface area (Å²) in [6.07, 6.45) is -0.790. The number of carboxylic acid groups (broad SMARTS) is 1. The molecule has 2 aromatic rings. The first-order valence-electron chi connectivity index (χ1n) is 10.2. The van der Waals surface area contributed by atoms with E-state index in [0.717, 1.165) is 18.7 Å². The SMILES string of the molecule is CC1COc2nc(C(=O)N3CCN(C)CC3)c(Cc3ccc(F)cc3)cc2N1C(=O)O. The highest BCUT2D eigenvalue weighted by Gasteiger charge is 2.33. The van der Waals surface area contributed by atoms with Gasteiger partial charge in [-0.05, 0) is 49.7 Å². The Labute approximate surface area is 179 Å². The average molecular weight is 428 g/mol. The number of likely N-dealkylation sites (N-methyl/N-ethyl adjacent to an activating group) is 1. The molecule has 2 aliphatic rings. The summed E-state index contributed by atoms with van der Waals surface area (Å²) >= 11 is 0. The van der Waals surface area contributed by atoms with Crippen LogP contribution in [0.5, 0.6) is 5.88 Å². The van der Waals surface area contributed by atoms with Crippen molar-refractivity contribution >= 4 is 17.7 Å². The molecule has 164 valence electrons. The molecule has 1 atom stereocenters. The van der Waals surface area contributed by atoms with Crippen LogP contribution in [0.3, 0.4) is 0 Å². The van der Waals surface area contributed by atoms with E-state index in [1.807, 2.05) is 7.05 Å². The van der Waals surface area contributed by atoms with Gasteiger partial charge in [0.25, 0.3) is 5.91 Å². The summed E-state index contributed by atoms with van der Waals surface area (Å²) in [5, 5.41) is 9.69. The fourth-order valence-corrected chi connectivity index (χ4v) is 3.91. The van der Waals surface area contributed by atoms with Crippen molar-refractivity contribution in [3.63, 3.8) is 0 Å². The zero-order valence-corrected chi connectivity index (χ0v) is 17.5. The van der Waals surface area contributed by atoms with Gasteiger partial charge in [0.2, 0.25) is 5.88 Å². The second kappa shape index (κ2) is 8.50. The Balaban J connectivity index is 1.76. The maximum Gasteiger partial charge on any atom is 0.412 e. The highest BCUT2D eigenvalue weighted by Crippen LogP contribution is 2.35. The minimum atomic E-state index is -1.11. The van der Waals surface area contributed by atoms with E-state index < -0.39 is 6.09 Å². The van der Waals surface area contributed by atoms with Gasteiger partial charge in [0.1, 0.15) is 23.8 Å². The van der Waals surface area contributed by atoms with Gasteiger partial charge in [-0.2, -0.15) is 0 Å². The lowest BCUT2D eigenvalue weighted by Gasteiger charge is -2.34. The Morgan fingerprint density at radius 2 is 1.87 bits per heavy atom. The van der Waals surface area contributed by atoms with Crippen molar-refractivity contribution in [2.24, 2.45) is 0 Å². The third-order valence-corrected chi connectivity index (χ3v) is 5.72. The second-order valence-electron chi connectivity index (χ2n) is 8.03. The van der Waals surface area contributed by atoms with E-state index in [1.54, 1.807) is 30.0 Å². The molecular formula is C22H25FN4O4. The van der Waals surface area contributed by atoms with Crippen molar-refractivity contribution in [3.8, 4) is 5.88 Å². The summed E-state index contributed by atoms with van der Waals surface area (Å²) in [4.78, 5) is 34.8. The van der Waals surface area contributed by atoms with Gasteiger partial charge in [-0.25, -0.2) is 14.2 Å². The number of pyridine rings is 1. The number of hydrogen-bond acceptors (Lipinski definition) is 5. The van der Waals surface area contributed by atoms with Crippen LogP contribution < -0.4 is 9.64 Å². The fraction of sp³-hybridized carbons (Fsp3) is 0.409. The largest absolute Gasteiger partial charge is 0.474 e. The maximum atomic E-state index is 13.4. The van der Waals surface area contributed by atoms with Crippen molar-refractivity contribution in [1.29, 1.82) is 0 Å². The molecule has 3 heterocycles. The number of anilines is 1. The molecule has 0 aliphatic carbocycles. The van der Waals surface area contributed by atoms with Crippen LogP contribution in [0.1, 0.15) is 28.5 Å². The van der Waals surface area contributed by atoms with E-state index in [4.69, 9.17) is 4.74 Å². The normalized spacial score (nSPS) is 19.0. The molecule has 0 saturated carbocycles. The van der Waals surface area contributed by atoms with Gasteiger partial charge in [-0.15, -0.1) is 0 Å². The molecule has 2 amide bonds. The number of amides is 2. The summed E-state index contributed by atoms with van der Waals surface area (Å²) in [5.41, 5.74) is 1.94. The molecule has 1 aromatic carbocycles. The number of ether oxygens (including phenoxy) is 1. The van der Waals surface area contributed by atoms with Crippen LogP contribution in [0.25, 0.3) is 0 Å². The smallest absolute Gasteiger partial charge is 0.412 e. The van der Waals surface area contributed by atoms with E-state index in [0.29, 0.717) is 30.8 Å². The quantitative estimate of drug-likeness (QED) is 0.808. The number of benzene rings is 1. The van der Waals surface area contributed by atoms with E-state index in [-0.39, 0.29) is 35.9 Å². The van der Waals surface area contributed by atoms with Gasteiger partial charge in [0, 0.05) is 26.2 Å².